The standard InChI is InChI=1S/C22H40N4O3.HI/c1-8-23-22(25-17(4)12-11-13-26(9-2)10-3)24-16-19-20(28-6)14-18(27-5)15-21(19)29-7;/h14-15,17H,8-13,16H2,1-7H3,(H2,23,24,25);1H. The molecule has 0 saturated heterocycles. The van der Waals surface area contributed by atoms with Crippen LogP contribution in [0.15, 0.2) is 17.1 Å². The average molecular weight is 536 g/mol. The number of methoxy groups -OCH3 is 3. The summed E-state index contributed by atoms with van der Waals surface area (Å²) >= 11 is 0. The molecule has 174 valence electrons. The van der Waals surface area contributed by atoms with E-state index in [1.807, 2.05) is 12.1 Å². The smallest absolute Gasteiger partial charge is 0.191 e. The first-order chi connectivity index (χ1) is 14.0. The highest BCUT2D eigenvalue weighted by Crippen LogP contribution is 2.34. The van der Waals surface area contributed by atoms with Crippen LogP contribution >= 0.6 is 24.0 Å². The lowest BCUT2D eigenvalue weighted by Crippen LogP contribution is -2.42. The molecule has 0 bridgehead atoms. The van der Waals surface area contributed by atoms with E-state index in [9.17, 15) is 0 Å². The lowest BCUT2D eigenvalue weighted by atomic mass is 10.1. The molecule has 0 radical (unpaired) electrons. The number of halogens is 1. The summed E-state index contributed by atoms with van der Waals surface area (Å²) in [7, 11) is 4.91. The van der Waals surface area contributed by atoms with Gasteiger partial charge in [-0.25, -0.2) is 4.99 Å². The fourth-order valence-electron chi connectivity index (χ4n) is 3.18. The SMILES string of the molecule is CCNC(=NCc1c(OC)cc(OC)cc1OC)NC(C)CCCN(CC)CC.I. The van der Waals surface area contributed by atoms with Crippen molar-refractivity contribution in [2.24, 2.45) is 4.99 Å². The number of nitrogens with one attached hydrogen (secondary N) is 2. The fraction of sp³-hybridized carbons (Fsp3) is 0.682. The Morgan fingerprint density at radius 1 is 1.03 bits per heavy atom. The van der Waals surface area contributed by atoms with Crippen molar-refractivity contribution in [3.05, 3.63) is 17.7 Å². The van der Waals surface area contributed by atoms with Gasteiger partial charge in [0.15, 0.2) is 5.96 Å². The Morgan fingerprint density at radius 3 is 2.10 bits per heavy atom. The molecule has 0 saturated carbocycles. The van der Waals surface area contributed by atoms with Crippen molar-refractivity contribution in [1.82, 2.24) is 15.5 Å². The molecule has 0 aromatic heterocycles. The summed E-state index contributed by atoms with van der Waals surface area (Å²) in [6.07, 6.45) is 2.26. The van der Waals surface area contributed by atoms with Crippen molar-refractivity contribution >= 4 is 29.9 Å². The van der Waals surface area contributed by atoms with Crippen molar-refractivity contribution < 1.29 is 14.2 Å². The molecule has 30 heavy (non-hydrogen) atoms. The summed E-state index contributed by atoms with van der Waals surface area (Å²) < 4.78 is 16.4. The molecule has 1 aromatic carbocycles. The molecular weight excluding hydrogens is 495 g/mol. The number of hydrogen-bond donors (Lipinski definition) is 2. The molecule has 0 amide bonds. The number of rotatable bonds is 13. The van der Waals surface area contributed by atoms with Crippen LogP contribution in [0.4, 0.5) is 0 Å². The van der Waals surface area contributed by atoms with Crippen molar-refractivity contribution in [2.45, 2.75) is 53.1 Å². The van der Waals surface area contributed by atoms with Gasteiger partial charge >= 0.3 is 0 Å². The summed E-state index contributed by atoms with van der Waals surface area (Å²) in [5, 5.41) is 6.83. The second kappa shape index (κ2) is 16.3. The molecule has 7 nitrogen and oxygen atoms in total. The highest BCUT2D eigenvalue weighted by atomic mass is 127. The molecule has 0 spiro atoms. The number of benzene rings is 1. The summed E-state index contributed by atoms with van der Waals surface area (Å²) in [4.78, 5) is 7.21. The molecule has 8 heteroatoms. The van der Waals surface area contributed by atoms with E-state index < -0.39 is 0 Å². The lowest BCUT2D eigenvalue weighted by molar-refractivity contribution is 0.292. The number of guanidine groups is 1. The predicted molar refractivity (Wildman–Crippen MR) is 136 cm³/mol. The third-order valence-corrected chi connectivity index (χ3v) is 4.95. The topological polar surface area (TPSA) is 67.4 Å². The van der Waals surface area contributed by atoms with Gasteiger partial charge < -0.3 is 29.7 Å². The molecule has 0 aliphatic carbocycles. The van der Waals surface area contributed by atoms with Crippen molar-refractivity contribution in [3.8, 4) is 17.2 Å². The molecule has 0 aliphatic rings. The highest BCUT2D eigenvalue weighted by molar-refractivity contribution is 14.0. The van der Waals surface area contributed by atoms with Gasteiger partial charge in [-0.05, 0) is 46.3 Å². The van der Waals surface area contributed by atoms with E-state index in [1.165, 1.54) is 0 Å². The van der Waals surface area contributed by atoms with E-state index >= 15 is 0 Å². The van der Waals surface area contributed by atoms with E-state index in [0.29, 0.717) is 29.8 Å². The number of ether oxygens (including phenoxy) is 3. The fourth-order valence-corrected chi connectivity index (χ4v) is 3.18. The molecule has 2 N–H and O–H groups in total. The van der Waals surface area contributed by atoms with Crippen molar-refractivity contribution in [1.29, 1.82) is 0 Å². The van der Waals surface area contributed by atoms with Crippen LogP contribution in [0.25, 0.3) is 0 Å². The Hall–Kier alpha value is -1.42. The van der Waals surface area contributed by atoms with Crippen LogP contribution in [0.2, 0.25) is 0 Å². The summed E-state index contributed by atoms with van der Waals surface area (Å²) in [5.41, 5.74) is 0.891. The van der Waals surface area contributed by atoms with E-state index in [1.54, 1.807) is 21.3 Å². The predicted octanol–water partition coefficient (Wildman–Crippen LogP) is 3.90. The van der Waals surface area contributed by atoms with Gasteiger partial charge in [0.1, 0.15) is 17.2 Å². The van der Waals surface area contributed by atoms with Crippen LogP contribution in [0.3, 0.4) is 0 Å². The van der Waals surface area contributed by atoms with E-state index in [2.05, 4.69) is 43.2 Å². The van der Waals surface area contributed by atoms with Crippen LogP contribution < -0.4 is 24.8 Å². The van der Waals surface area contributed by atoms with Crippen LogP contribution in [0.5, 0.6) is 17.2 Å². The lowest BCUT2D eigenvalue weighted by Gasteiger charge is -2.21. The van der Waals surface area contributed by atoms with Gasteiger partial charge in [-0.2, -0.15) is 0 Å². The highest BCUT2D eigenvalue weighted by Gasteiger charge is 2.14. The van der Waals surface area contributed by atoms with Gasteiger partial charge in [-0.3, -0.25) is 0 Å². The van der Waals surface area contributed by atoms with Crippen LogP contribution in [-0.2, 0) is 6.54 Å². The maximum absolute atomic E-state index is 5.53. The van der Waals surface area contributed by atoms with E-state index in [-0.39, 0.29) is 24.0 Å². The average Bonchev–Trinajstić information content (AvgIpc) is 2.74. The van der Waals surface area contributed by atoms with Gasteiger partial charge in [-0.1, -0.05) is 13.8 Å². The zero-order valence-electron chi connectivity index (χ0n) is 19.7. The number of hydrogen-bond acceptors (Lipinski definition) is 5. The Bertz CT molecular complexity index is 599. The zero-order chi connectivity index (χ0) is 21.6. The molecule has 0 heterocycles. The van der Waals surface area contributed by atoms with Crippen LogP contribution in [0, 0.1) is 0 Å². The number of nitrogens with zero attached hydrogens (tertiary/aromatic N) is 2. The van der Waals surface area contributed by atoms with Gasteiger partial charge in [0.25, 0.3) is 0 Å². The molecule has 1 atom stereocenters. The summed E-state index contributed by atoms with van der Waals surface area (Å²) in [6, 6.07) is 4.04. The number of aliphatic imine (C=N–C) groups is 1. The molecule has 0 aliphatic heterocycles. The van der Waals surface area contributed by atoms with E-state index in [0.717, 1.165) is 50.5 Å². The third-order valence-electron chi connectivity index (χ3n) is 4.95. The largest absolute Gasteiger partial charge is 0.496 e. The zero-order valence-corrected chi connectivity index (χ0v) is 22.0. The Balaban J connectivity index is 0.00000841. The summed E-state index contributed by atoms with van der Waals surface area (Å²) in [6.45, 7) is 13.3. The Labute approximate surface area is 200 Å². The third kappa shape index (κ3) is 9.59. The van der Waals surface area contributed by atoms with Gasteiger partial charge in [0.2, 0.25) is 0 Å². The first kappa shape index (κ1) is 28.6. The van der Waals surface area contributed by atoms with E-state index in [4.69, 9.17) is 19.2 Å². The molecule has 1 aromatic rings. The Kier molecular flexibility index (Phi) is 15.5. The molecule has 1 unspecified atom stereocenters. The minimum Gasteiger partial charge on any atom is -0.496 e. The quantitative estimate of drug-likeness (QED) is 0.227. The van der Waals surface area contributed by atoms with Crippen molar-refractivity contribution in [2.75, 3.05) is 47.5 Å². The Morgan fingerprint density at radius 2 is 1.63 bits per heavy atom. The maximum Gasteiger partial charge on any atom is 0.191 e. The van der Waals surface area contributed by atoms with Gasteiger partial charge in [0.05, 0.1) is 33.4 Å². The van der Waals surface area contributed by atoms with Crippen molar-refractivity contribution in [3.63, 3.8) is 0 Å². The van der Waals surface area contributed by atoms with Gasteiger partial charge in [-0.15, -0.1) is 24.0 Å². The second-order valence-corrected chi connectivity index (χ2v) is 6.92. The van der Waals surface area contributed by atoms with Crippen LogP contribution in [0.1, 0.15) is 46.1 Å². The molecular formula is C22H41IN4O3. The monoisotopic (exact) mass is 536 g/mol. The van der Waals surface area contributed by atoms with Crippen LogP contribution in [-0.4, -0.2) is 64.4 Å². The second-order valence-electron chi connectivity index (χ2n) is 6.92. The minimum atomic E-state index is 0. The maximum atomic E-state index is 5.53. The van der Waals surface area contributed by atoms with Gasteiger partial charge in [0, 0.05) is 24.7 Å². The minimum absolute atomic E-state index is 0. The normalized spacial score (nSPS) is 12.2. The summed E-state index contributed by atoms with van der Waals surface area (Å²) in [5.74, 6) is 2.89. The molecule has 0 fully saturated rings. The first-order valence-corrected chi connectivity index (χ1v) is 10.6. The first-order valence-electron chi connectivity index (χ1n) is 10.6. The molecule has 1 rings (SSSR count).